The minimum absolute atomic E-state index is 0.470. The number of nitrogens with one attached hydrogen (secondary N) is 1. The molecule has 0 aromatic rings. The lowest BCUT2D eigenvalue weighted by molar-refractivity contribution is 0.249. The molecule has 2 rings (SSSR count). The molecule has 2 amide bonds. The SMILES string of the molecule is C[C@@H]1C[C@@H]2[C@@H](C/C1=N/NC(N)=O)C2(C)C. The number of hydrazone groups is 1. The van der Waals surface area contributed by atoms with E-state index >= 15 is 0 Å². The number of primary amides is 1. The summed E-state index contributed by atoms with van der Waals surface area (Å²) in [7, 11) is 0. The Hall–Kier alpha value is -1.06. The van der Waals surface area contributed by atoms with Crippen LogP contribution in [0.2, 0.25) is 0 Å². The van der Waals surface area contributed by atoms with Crippen LogP contribution >= 0.6 is 0 Å². The highest BCUT2D eigenvalue weighted by Gasteiger charge is 2.60. The molecule has 15 heavy (non-hydrogen) atoms. The van der Waals surface area contributed by atoms with Crippen molar-refractivity contribution >= 4 is 11.7 Å². The highest BCUT2D eigenvalue weighted by Crippen LogP contribution is 2.65. The van der Waals surface area contributed by atoms with Gasteiger partial charge in [0.2, 0.25) is 0 Å². The molecule has 84 valence electrons. The van der Waals surface area contributed by atoms with E-state index in [1.807, 2.05) is 0 Å². The van der Waals surface area contributed by atoms with Crippen molar-refractivity contribution in [2.45, 2.75) is 33.6 Å². The maximum atomic E-state index is 10.6. The molecule has 0 radical (unpaired) electrons. The summed E-state index contributed by atoms with van der Waals surface area (Å²) in [6, 6.07) is -0.577. The Morgan fingerprint density at radius 2 is 2.20 bits per heavy atom. The monoisotopic (exact) mass is 209 g/mol. The fourth-order valence-corrected chi connectivity index (χ4v) is 2.96. The number of carbonyl (C=O) groups excluding carboxylic acids is 1. The highest BCUT2D eigenvalue weighted by molar-refractivity contribution is 5.89. The highest BCUT2D eigenvalue weighted by atomic mass is 16.2. The summed E-state index contributed by atoms with van der Waals surface area (Å²) in [5, 5.41) is 4.10. The second-order valence-electron chi connectivity index (χ2n) is 5.45. The van der Waals surface area contributed by atoms with Gasteiger partial charge in [0.05, 0.1) is 0 Å². The van der Waals surface area contributed by atoms with Crippen LogP contribution in [0.3, 0.4) is 0 Å². The normalized spacial score (nSPS) is 39.7. The van der Waals surface area contributed by atoms with Gasteiger partial charge in [-0.05, 0) is 36.0 Å². The molecule has 0 heterocycles. The molecule has 0 spiro atoms. The number of amides is 2. The Morgan fingerprint density at radius 1 is 1.53 bits per heavy atom. The van der Waals surface area contributed by atoms with Crippen molar-refractivity contribution in [3.8, 4) is 0 Å². The number of hydrogen-bond acceptors (Lipinski definition) is 2. The smallest absolute Gasteiger partial charge is 0.332 e. The molecule has 0 aromatic carbocycles. The Labute approximate surface area is 90.3 Å². The van der Waals surface area contributed by atoms with Gasteiger partial charge in [0.25, 0.3) is 0 Å². The Morgan fingerprint density at radius 3 is 2.80 bits per heavy atom. The first-order valence-corrected chi connectivity index (χ1v) is 5.55. The van der Waals surface area contributed by atoms with Crippen LogP contribution in [0.1, 0.15) is 33.6 Å². The number of nitrogens with zero attached hydrogens (tertiary/aromatic N) is 1. The summed E-state index contributed by atoms with van der Waals surface area (Å²) in [4.78, 5) is 10.6. The number of urea groups is 1. The molecule has 2 saturated carbocycles. The summed E-state index contributed by atoms with van der Waals surface area (Å²) < 4.78 is 0. The molecular weight excluding hydrogens is 190 g/mol. The van der Waals surface area contributed by atoms with Crippen LogP contribution in [0.5, 0.6) is 0 Å². The second kappa shape index (κ2) is 3.22. The van der Waals surface area contributed by atoms with Gasteiger partial charge in [0, 0.05) is 5.71 Å². The average Bonchev–Trinajstić information content (AvgIpc) is 2.64. The largest absolute Gasteiger partial charge is 0.350 e. The third-order valence-corrected chi connectivity index (χ3v) is 4.20. The quantitative estimate of drug-likeness (QED) is 0.634. The van der Waals surface area contributed by atoms with Gasteiger partial charge in [-0.1, -0.05) is 20.8 Å². The molecule has 0 bridgehead atoms. The first-order chi connectivity index (χ1) is 6.93. The third kappa shape index (κ3) is 1.73. The van der Waals surface area contributed by atoms with Gasteiger partial charge in [0.1, 0.15) is 0 Å². The Balaban J connectivity index is 2.03. The van der Waals surface area contributed by atoms with Crippen LogP contribution in [0.4, 0.5) is 4.79 Å². The first kappa shape index (κ1) is 10.5. The van der Waals surface area contributed by atoms with E-state index in [0.29, 0.717) is 11.3 Å². The summed E-state index contributed by atoms with van der Waals surface area (Å²) in [5.74, 6) is 2.07. The number of hydrogen-bond donors (Lipinski definition) is 2. The lowest BCUT2D eigenvalue weighted by Gasteiger charge is -2.18. The van der Waals surface area contributed by atoms with E-state index in [1.54, 1.807) is 0 Å². The van der Waals surface area contributed by atoms with Crippen molar-refractivity contribution in [2.75, 3.05) is 0 Å². The maximum Gasteiger partial charge on any atom is 0.332 e. The van der Waals surface area contributed by atoms with Crippen LogP contribution in [0.15, 0.2) is 5.10 Å². The number of nitrogens with two attached hydrogens (primary N) is 1. The standard InChI is InChI=1S/C11H19N3O/c1-6-4-7-8(11(7,2)3)5-9(6)13-14-10(12)15/h6-8H,4-5H2,1-3H3,(H3,12,14,15)/b13-9-/t6-,7-,8-/m1/s1. The number of rotatable bonds is 1. The maximum absolute atomic E-state index is 10.6. The minimum atomic E-state index is -0.577. The van der Waals surface area contributed by atoms with E-state index in [9.17, 15) is 4.79 Å². The molecule has 3 atom stereocenters. The average molecular weight is 209 g/mol. The van der Waals surface area contributed by atoms with Gasteiger partial charge in [-0.15, -0.1) is 0 Å². The number of fused-ring (bicyclic) bond motifs is 1. The van der Waals surface area contributed by atoms with Crippen molar-refractivity contribution < 1.29 is 4.79 Å². The third-order valence-electron chi connectivity index (χ3n) is 4.20. The van der Waals surface area contributed by atoms with E-state index in [2.05, 4.69) is 31.3 Å². The Kier molecular flexibility index (Phi) is 2.24. The summed E-state index contributed by atoms with van der Waals surface area (Å²) in [6.07, 6.45) is 2.20. The van der Waals surface area contributed by atoms with E-state index in [0.717, 1.165) is 24.0 Å². The first-order valence-electron chi connectivity index (χ1n) is 5.55. The second-order valence-corrected chi connectivity index (χ2v) is 5.45. The zero-order valence-corrected chi connectivity index (χ0v) is 9.58. The van der Waals surface area contributed by atoms with E-state index in [1.165, 1.54) is 6.42 Å². The van der Waals surface area contributed by atoms with Crippen LogP contribution in [0.25, 0.3) is 0 Å². The van der Waals surface area contributed by atoms with Gasteiger partial charge in [-0.2, -0.15) is 5.10 Å². The molecule has 2 aliphatic carbocycles. The fraction of sp³-hybridized carbons (Fsp3) is 0.818. The molecule has 0 saturated heterocycles. The van der Waals surface area contributed by atoms with Crippen LogP contribution in [-0.2, 0) is 0 Å². The van der Waals surface area contributed by atoms with E-state index in [-0.39, 0.29) is 0 Å². The zero-order valence-electron chi connectivity index (χ0n) is 9.58. The van der Waals surface area contributed by atoms with E-state index in [4.69, 9.17) is 5.73 Å². The summed E-state index contributed by atoms with van der Waals surface area (Å²) >= 11 is 0. The molecule has 2 fully saturated rings. The summed E-state index contributed by atoms with van der Waals surface area (Å²) in [5.41, 5.74) is 8.90. The molecule has 0 aliphatic heterocycles. The predicted octanol–water partition coefficient (Wildman–Crippen LogP) is 1.71. The molecule has 0 unspecified atom stereocenters. The van der Waals surface area contributed by atoms with Gasteiger partial charge < -0.3 is 5.73 Å². The summed E-state index contributed by atoms with van der Waals surface area (Å²) in [6.45, 7) is 6.81. The van der Waals surface area contributed by atoms with Gasteiger partial charge in [-0.3, -0.25) is 0 Å². The molecule has 4 nitrogen and oxygen atoms in total. The fourth-order valence-electron chi connectivity index (χ4n) is 2.96. The van der Waals surface area contributed by atoms with Crippen molar-refractivity contribution in [1.82, 2.24) is 5.43 Å². The van der Waals surface area contributed by atoms with Crippen LogP contribution in [-0.4, -0.2) is 11.7 Å². The lowest BCUT2D eigenvalue weighted by atomic mass is 9.89. The van der Waals surface area contributed by atoms with Crippen molar-refractivity contribution in [3.05, 3.63) is 0 Å². The van der Waals surface area contributed by atoms with Crippen molar-refractivity contribution in [2.24, 2.45) is 34.0 Å². The van der Waals surface area contributed by atoms with Crippen molar-refractivity contribution in [3.63, 3.8) is 0 Å². The van der Waals surface area contributed by atoms with Crippen molar-refractivity contribution in [1.29, 1.82) is 0 Å². The van der Waals surface area contributed by atoms with E-state index < -0.39 is 6.03 Å². The predicted molar refractivity (Wildman–Crippen MR) is 59.3 cm³/mol. The molecule has 0 aromatic heterocycles. The van der Waals surface area contributed by atoms with Crippen LogP contribution in [0, 0.1) is 23.2 Å². The minimum Gasteiger partial charge on any atom is -0.350 e. The molecule has 3 N–H and O–H groups in total. The van der Waals surface area contributed by atoms with Crippen LogP contribution < -0.4 is 11.2 Å². The van der Waals surface area contributed by atoms with Gasteiger partial charge in [0.15, 0.2) is 0 Å². The molecule has 2 aliphatic rings. The zero-order chi connectivity index (χ0) is 11.2. The lowest BCUT2D eigenvalue weighted by Crippen LogP contribution is -2.28. The van der Waals surface area contributed by atoms with Gasteiger partial charge in [-0.25, -0.2) is 10.2 Å². The topological polar surface area (TPSA) is 67.5 Å². The number of carbonyl (C=O) groups is 1. The molecular formula is C11H19N3O. The Bertz CT molecular complexity index is 322. The molecule has 4 heteroatoms. The van der Waals surface area contributed by atoms with Gasteiger partial charge >= 0.3 is 6.03 Å².